The Labute approximate surface area is 172 Å². The fraction of sp³-hybridized carbons (Fsp3) is 0.571. The SMILES string of the molecule is CCCCCN(C#N)N(C)C(=O)[C@@H](NC(=O)c1ccc2c(c1)OCCO2)C(C)C. The van der Waals surface area contributed by atoms with Crippen LogP contribution in [0.2, 0.25) is 0 Å². The van der Waals surface area contributed by atoms with Crippen molar-refractivity contribution in [2.45, 2.75) is 46.1 Å². The summed E-state index contributed by atoms with van der Waals surface area (Å²) in [5.41, 5.74) is 0.385. The minimum absolute atomic E-state index is 0.151. The molecule has 2 amide bonds. The Morgan fingerprint density at radius 2 is 1.90 bits per heavy atom. The Morgan fingerprint density at radius 3 is 2.52 bits per heavy atom. The molecule has 0 unspecified atom stereocenters. The highest BCUT2D eigenvalue weighted by Gasteiger charge is 2.30. The van der Waals surface area contributed by atoms with Crippen molar-refractivity contribution in [1.82, 2.24) is 15.3 Å². The van der Waals surface area contributed by atoms with E-state index in [9.17, 15) is 14.9 Å². The summed E-state index contributed by atoms with van der Waals surface area (Å²) in [6.07, 6.45) is 4.87. The smallest absolute Gasteiger partial charge is 0.264 e. The molecule has 1 N–H and O–H groups in total. The van der Waals surface area contributed by atoms with Gasteiger partial charge < -0.3 is 14.8 Å². The Morgan fingerprint density at radius 1 is 1.21 bits per heavy atom. The molecule has 29 heavy (non-hydrogen) atoms. The number of nitrogens with one attached hydrogen (secondary N) is 1. The molecule has 0 spiro atoms. The van der Waals surface area contributed by atoms with E-state index in [1.54, 1.807) is 25.2 Å². The summed E-state index contributed by atoms with van der Waals surface area (Å²) in [6.45, 7) is 7.16. The highest BCUT2D eigenvalue weighted by molar-refractivity contribution is 5.98. The molecular weight excluding hydrogens is 372 g/mol. The van der Waals surface area contributed by atoms with Crippen LogP contribution in [0.1, 0.15) is 50.4 Å². The number of unbranched alkanes of at least 4 members (excludes halogenated alkanes) is 2. The summed E-state index contributed by atoms with van der Waals surface area (Å²) in [5, 5.41) is 14.8. The standard InChI is InChI=1S/C21H30N4O4/c1-5-6-7-10-25(14-22)24(4)21(27)19(15(2)3)23-20(26)16-8-9-17-18(13-16)29-12-11-28-17/h8-9,13,15,19H,5-7,10-12H2,1-4H3,(H,23,26)/t19-/m0/s1. The second kappa shape index (κ2) is 10.6. The van der Waals surface area contributed by atoms with Gasteiger partial charge in [-0.15, -0.1) is 0 Å². The number of nitriles is 1. The summed E-state index contributed by atoms with van der Waals surface area (Å²) in [6, 6.07) is 4.18. The maximum Gasteiger partial charge on any atom is 0.264 e. The summed E-state index contributed by atoms with van der Waals surface area (Å²) in [7, 11) is 1.56. The first kappa shape index (κ1) is 22.3. The number of hydrogen-bond donors (Lipinski definition) is 1. The molecule has 158 valence electrons. The predicted molar refractivity (Wildman–Crippen MR) is 108 cm³/mol. The van der Waals surface area contributed by atoms with Gasteiger partial charge in [0, 0.05) is 12.6 Å². The third-order valence-electron chi connectivity index (χ3n) is 4.79. The normalized spacial score (nSPS) is 13.4. The average molecular weight is 402 g/mol. The van der Waals surface area contributed by atoms with E-state index in [4.69, 9.17) is 9.47 Å². The molecule has 0 saturated heterocycles. The average Bonchev–Trinajstić information content (AvgIpc) is 2.73. The van der Waals surface area contributed by atoms with Gasteiger partial charge in [0.05, 0.1) is 6.54 Å². The molecule has 0 bridgehead atoms. The van der Waals surface area contributed by atoms with Gasteiger partial charge in [-0.25, -0.2) is 10.0 Å². The molecule has 8 nitrogen and oxygen atoms in total. The van der Waals surface area contributed by atoms with Gasteiger partial charge in [-0.1, -0.05) is 33.6 Å². The van der Waals surface area contributed by atoms with Gasteiger partial charge in [0.25, 0.3) is 11.8 Å². The van der Waals surface area contributed by atoms with Crippen LogP contribution in [0, 0.1) is 17.4 Å². The van der Waals surface area contributed by atoms with E-state index in [0.29, 0.717) is 36.8 Å². The van der Waals surface area contributed by atoms with Crippen LogP contribution in [0.4, 0.5) is 0 Å². The molecule has 1 heterocycles. The number of benzene rings is 1. The summed E-state index contributed by atoms with van der Waals surface area (Å²) < 4.78 is 11.0. The van der Waals surface area contributed by atoms with Crippen LogP contribution in [0.5, 0.6) is 11.5 Å². The molecule has 1 aromatic carbocycles. The van der Waals surface area contributed by atoms with Crippen molar-refractivity contribution in [3.05, 3.63) is 23.8 Å². The van der Waals surface area contributed by atoms with Crippen LogP contribution in [0.15, 0.2) is 18.2 Å². The Balaban J connectivity index is 2.09. The highest BCUT2D eigenvalue weighted by atomic mass is 16.6. The Kier molecular flexibility index (Phi) is 8.13. The minimum atomic E-state index is -0.761. The third kappa shape index (κ3) is 5.76. The van der Waals surface area contributed by atoms with Gasteiger partial charge in [-0.05, 0) is 30.5 Å². The Bertz CT molecular complexity index is 760. The van der Waals surface area contributed by atoms with Gasteiger partial charge in [0.15, 0.2) is 17.7 Å². The molecule has 1 aliphatic rings. The first-order chi connectivity index (χ1) is 13.9. The van der Waals surface area contributed by atoms with Gasteiger partial charge in [-0.2, -0.15) is 5.26 Å². The molecule has 0 radical (unpaired) electrons. The lowest BCUT2D eigenvalue weighted by Gasteiger charge is -2.32. The quantitative estimate of drug-likeness (QED) is 0.295. The monoisotopic (exact) mass is 402 g/mol. The fourth-order valence-electron chi connectivity index (χ4n) is 3.02. The molecule has 8 heteroatoms. The van der Waals surface area contributed by atoms with E-state index >= 15 is 0 Å². The first-order valence-electron chi connectivity index (χ1n) is 10.0. The second-order valence-corrected chi connectivity index (χ2v) is 7.35. The zero-order valence-electron chi connectivity index (χ0n) is 17.6. The van der Waals surface area contributed by atoms with E-state index < -0.39 is 6.04 Å². The van der Waals surface area contributed by atoms with E-state index in [2.05, 4.69) is 12.2 Å². The van der Waals surface area contributed by atoms with E-state index in [1.807, 2.05) is 20.0 Å². The molecule has 1 atom stereocenters. The van der Waals surface area contributed by atoms with Crippen LogP contribution >= 0.6 is 0 Å². The summed E-state index contributed by atoms with van der Waals surface area (Å²) >= 11 is 0. The lowest BCUT2D eigenvalue weighted by molar-refractivity contribution is -0.144. The topological polar surface area (TPSA) is 94.9 Å². The molecule has 0 aliphatic carbocycles. The van der Waals surface area contributed by atoms with Gasteiger partial charge >= 0.3 is 0 Å². The lowest BCUT2D eigenvalue weighted by atomic mass is 10.0. The number of nitrogens with zero attached hydrogens (tertiary/aromatic N) is 3. The molecule has 2 rings (SSSR count). The van der Waals surface area contributed by atoms with Crippen molar-refractivity contribution in [1.29, 1.82) is 5.26 Å². The van der Waals surface area contributed by atoms with Crippen molar-refractivity contribution in [3.8, 4) is 17.7 Å². The Hall–Kier alpha value is -2.95. The highest BCUT2D eigenvalue weighted by Crippen LogP contribution is 2.30. The largest absolute Gasteiger partial charge is 0.486 e. The number of hydrogen-bond acceptors (Lipinski definition) is 6. The third-order valence-corrected chi connectivity index (χ3v) is 4.79. The van der Waals surface area contributed by atoms with Crippen LogP contribution in [-0.4, -0.2) is 54.7 Å². The van der Waals surface area contributed by atoms with E-state index in [-0.39, 0.29) is 17.7 Å². The molecule has 1 aromatic rings. The maximum atomic E-state index is 13.0. The molecule has 0 aromatic heterocycles. The number of hydrazine groups is 1. The summed E-state index contributed by atoms with van der Waals surface area (Å²) in [4.78, 5) is 25.8. The predicted octanol–water partition coefficient (Wildman–Crippen LogP) is 2.56. The zero-order chi connectivity index (χ0) is 21.4. The maximum absolute atomic E-state index is 13.0. The van der Waals surface area contributed by atoms with E-state index in [1.165, 1.54) is 10.0 Å². The van der Waals surface area contributed by atoms with Crippen molar-refractivity contribution in [2.24, 2.45) is 5.92 Å². The van der Waals surface area contributed by atoms with Crippen LogP contribution < -0.4 is 14.8 Å². The molecule has 1 aliphatic heterocycles. The number of likely N-dealkylation sites (N-methyl/N-ethyl adjacent to an activating group) is 1. The lowest BCUT2D eigenvalue weighted by Crippen LogP contribution is -2.54. The second-order valence-electron chi connectivity index (χ2n) is 7.35. The van der Waals surface area contributed by atoms with Crippen molar-refractivity contribution in [2.75, 3.05) is 26.8 Å². The van der Waals surface area contributed by atoms with Crippen LogP contribution in [-0.2, 0) is 4.79 Å². The number of rotatable bonds is 9. The number of ether oxygens (including phenoxy) is 2. The first-order valence-corrected chi connectivity index (χ1v) is 10.0. The number of amides is 2. The minimum Gasteiger partial charge on any atom is -0.486 e. The van der Waals surface area contributed by atoms with Crippen LogP contribution in [0.25, 0.3) is 0 Å². The fourth-order valence-corrected chi connectivity index (χ4v) is 3.02. The van der Waals surface area contributed by atoms with E-state index in [0.717, 1.165) is 19.3 Å². The zero-order valence-corrected chi connectivity index (χ0v) is 17.6. The molecular formula is C21H30N4O4. The van der Waals surface area contributed by atoms with Gasteiger partial charge in [-0.3, -0.25) is 9.59 Å². The molecule has 0 saturated carbocycles. The van der Waals surface area contributed by atoms with Crippen molar-refractivity contribution < 1.29 is 19.1 Å². The molecule has 0 fully saturated rings. The summed E-state index contributed by atoms with van der Waals surface area (Å²) in [5.74, 6) is 0.254. The number of fused-ring (bicyclic) bond motifs is 1. The van der Waals surface area contributed by atoms with Gasteiger partial charge in [0.2, 0.25) is 0 Å². The number of carbonyl (C=O) groups is 2. The van der Waals surface area contributed by atoms with Crippen molar-refractivity contribution >= 4 is 11.8 Å². The number of carbonyl (C=O) groups excluding carboxylic acids is 2. The van der Waals surface area contributed by atoms with Crippen molar-refractivity contribution in [3.63, 3.8) is 0 Å². The van der Waals surface area contributed by atoms with Crippen LogP contribution in [0.3, 0.4) is 0 Å². The van der Waals surface area contributed by atoms with Gasteiger partial charge in [0.1, 0.15) is 19.3 Å².